The minimum Gasteiger partial charge on any atom is -0.328 e. The van der Waals surface area contributed by atoms with Gasteiger partial charge < -0.3 is 13.9 Å². The minimum atomic E-state index is -1.67. The van der Waals surface area contributed by atoms with E-state index < -0.39 is 8.60 Å². The summed E-state index contributed by atoms with van der Waals surface area (Å²) in [5.74, 6) is 0. The predicted octanol–water partition coefficient (Wildman–Crippen LogP) is 15.3. The van der Waals surface area contributed by atoms with E-state index in [9.17, 15) is 4.89 Å². The molecule has 0 heterocycles. The van der Waals surface area contributed by atoms with Crippen molar-refractivity contribution in [2.24, 2.45) is 0 Å². The van der Waals surface area contributed by atoms with E-state index in [1.54, 1.807) is 0 Å². The van der Waals surface area contributed by atoms with Gasteiger partial charge in [-0.25, -0.2) is 0 Å². The van der Waals surface area contributed by atoms with Crippen LogP contribution in [0.4, 0.5) is 0 Å². The molecule has 0 aromatic rings. The van der Waals surface area contributed by atoms with E-state index in [1.165, 1.54) is 218 Å². The number of rotatable bonds is 40. The Morgan fingerprint density at radius 3 is 0.614 bits per heavy atom. The van der Waals surface area contributed by atoms with Crippen molar-refractivity contribution < 1.29 is 13.9 Å². The summed E-state index contributed by atoms with van der Waals surface area (Å²) in [4.78, 5) is 9.96. The van der Waals surface area contributed by atoms with Crippen molar-refractivity contribution in [3.05, 3.63) is 0 Å². The zero-order chi connectivity index (χ0) is 31.9. The second-order valence-corrected chi connectivity index (χ2v) is 14.9. The van der Waals surface area contributed by atoms with Crippen LogP contribution in [0.2, 0.25) is 0 Å². The Morgan fingerprint density at radius 2 is 0.432 bits per heavy atom. The van der Waals surface area contributed by atoms with Gasteiger partial charge in [0.15, 0.2) is 0 Å². The molecule has 3 nitrogen and oxygen atoms in total. The Balaban J connectivity index is 3.13. The lowest BCUT2D eigenvalue weighted by Gasteiger charge is -2.10. The number of hydrogen-bond acceptors (Lipinski definition) is 3. The fourth-order valence-corrected chi connectivity index (χ4v) is 6.98. The molecule has 0 aliphatic heterocycles. The third-order valence-electron chi connectivity index (χ3n) is 9.40. The average Bonchev–Trinajstić information content (AvgIpc) is 3.03. The molecule has 4 heteroatoms. The maximum absolute atomic E-state index is 9.96. The molecule has 0 saturated carbocycles. The first-order chi connectivity index (χ1) is 21.8. The van der Waals surface area contributed by atoms with E-state index in [1.807, 2.05) is 0 Å². The van der Waals surface area contributed by atoms with Crippen LogP contribution in [0.25, 0.3) is 0 Å². The van der Waals surface area contributed by atoms with Crippen molar-refractivity contribution in [2.45, 2.75) is 245 Å². The average molecular weight is 643 g/mol. The van der Waals surface area contributed by atoms with E-state index in [0.29, 0.717) is 13.2 Å². The van der Waals surface area contributed by atoms with Gasteiger partial charge in [-0.2, -0.15) is 0 Å². The molecule has 0 fully saturated rings. The first-order valence-electron chi connectivity index (χ1n) is 20.6. The van der Waals surface area contributed by atoms with Crippen molar-refractivity contribution in [3.63, 3.8) is 0 Å². The van der Waals surface area contributed by atoms with Gasteiger partial charge in [0, 0.05) is 0 Å². The van der Waals surface area contributed by atoms with Crippen LogP contribution in [-0.4, -0.2) is 18.1 Å². The quantitative estimate of drug-likeness (QED) is 0.0534. The van der Waals surface area contributed by atoms with Gasteiger partial charge in [-0.1, -0.05) is 232 Å². The summed E-state index contributed by atoms with van der Waals surface area (Å²) in [6.07, 6.45) is 49.9. The SMILES string of the molecule is CCCCCCCCCCCCCCCCCCCCOP(O)OCCCCCCCCCCCCCCCCCCCC. The third kappa shape index (κ3) is 40.3. The van der Waals surface area contributed by atoms with Crippen LogP contribution in [0.3, 0.4) is 0 Å². The molecule has 266 valence electrons. The Kier molecular flexibility index (Phi) is 41.6. The van der Waals surface area contributed by atoms with Crippen molar-refractivity contribution in [1.82, 2.24) is 0 Å². The summed E-state index contributed by atoms with van der Waals surface area (Å²) < 4.78 is 11.0. The van der Waals surface area contributed by atoms with Gasteiger partial charge in [0.25, 0.3) is 0 Å². The van der Waals surface area contributed by atoms with Gasteiger partial charge in [0.1, 0.15) is 0 Å². The zero-order valence-corrected chi connectivity index (χ0v) is 31.5. The topological polar surface area (TPSA) is 38.7 Å². The standard InChI is InChI=1S/C40H83O3P/c1-3-5-7-9-11-13-15-17-19-21-23-25-27-29-31-33-35-37-39-42-44(41)43-40-38-36-34-32-30-28-26-24-22-20-18-16-14-12-10-8-6-4-2/h41H,3-40H2,1-2H3. The van der Waals surface area contributed by atoms with Gasteiger partial charge in [0.2, 0.25) is 0 Å². The second kappa shape index (κ2) is 41.3. The number of hydrogen-bond donors (Lipinski definition) is 1. The Labute approximate surface area is 280 Å². The van der Waals surface area contributed by atoms with E-state index in [4.69, 9.17) is 9.05 Å². The molecule has 0 saturated heterocycles. The summed E-state index contributed by atoms with van der Waals surface area (Å²) in [6.45, 7) is 5.87. The molecule has 0 aliphatic rings. The summed E-state index contributed by atoms with van der Waals surface area (Å²) in [7, 11) is -1.67. The first kappa shape index (κ1) is 44.3. The maximum atomic E-state index is 9.96. The van der Waals surface area contributed by atoms with Crippen LogP contribution in [-0.2, 0) is 9.05 Å². The van der Waals surface area contributed by atoms with Crippen molar-refractivity contribution in [2.75, 3.05) is 13.2 Å². The predicted molar refractivity (Wildman–Crippen MR) is 199 cm³/mol. The van der Waals surface area contributed by atoms with Crippen molar-refractivity contribution >= 4 is 8.60 Å². The molecule has 0 aromatic carbocycles. The maximum Gasteiger partial charge on any atom is 0.329 e. The summed E-state index contributed by atoms with van der Waals surface area (Å²) in [5.41, 5.74) is 0. The van der Waals surface area contributed by atoms with Crippen LogP contribution in [0.15, 0.2) is 0 Å². The lowest BCUT2D eigenvalue weighted by molar-refractivity contribution is 0.193. The first-order valence-corrected chi connectivity index (χ1v) is 21.7. The highest BCUT2D eigenvalue weighted by molar-refractivity contribution is 7.40. The Bertz CT molecular complexity index is 447. The largest absolute Gasteiger partial charge is 0.329 e. The molecule has 0 atom stereocenters. The fourth-order valence-electron chi connectivity index (χ4n) is 6.33. The van der Waals surface area contributed by atoms with Crippen molar-refractivity contribution in [1.29, 1.82) is 0 Å². The molecular formula is C40H83O3P. The molecule has 1 N–H and O–H groups in total. The van der Waals surface area contributed by atoms with Gasteiger partial charge >= 0.3 is 8.60 Å². The highest BCUT2D eigenvalue weighted by atomic mass is 31.2. The number of unbranched alkanes of at least 4 members (excludes halogenated alkanes) is 34. The molecule has 44 heavy (non-hydrogen) atoms. The second-order valence-electron chi connectivity index (χ2n) is 13.9. The molecule has 0 rings (SSSR count). The van der Waals surface area contributed by atoms with E-state index in [-0.39, 0.29) is 0 Å². The van der Waals surface area contributed by atoms with Crippen LogP contribution < -0.4 is 0 Å². The molecular weight excluding hydrogens is 559 g/mol. The molecule has 0 amide bonds. The van der Waals surface area contributed by atoms with Gasteiger partial charge in [-0.15, -0.1) is 0 Å². The lowest BCUT2D eigenvalue weighted by atomic mass is 10.0. The van der Waals surface area contributed by atoms with Gasteiger partial charge in [-0.3, -0.25) is 0 Å². The molecule has 0 aliphatic carbocycles. The van der Waals surface area contributed by atoms with Gasteiger partial charge in [0.05, 0.1) is 13.2 Å². The van der Waals surface area contributed by atoms with E-state index >= 15 is 0 Å². The highest BCUT2D eigenvalue weighted by Gasteiger charge is 2.06. The molecule has 0 spiro atoms. The molecule has 0 bridgehead atoms. The molecule has 0 aromatic heterocycles. The zero-order valence-electron chi connectivity index (χ0n) is 30.6. The van der Waals surface area contributed by atoms with Crippen LogP contribution in [0, 0.1) is 0 Å². The third-order valence-corrected chi connectivity index (χ3v) is 10.2. The van der Waals surface area contributed by atoms with Crippen LogP contribution in [0.5, 0.6) is 0 Å². The summed E-state index contributed by atoms with van der Waals surface area (Å²) >= 11 is 0. The van der Waals surface area contributed by atoms with E-state index in [0.717, 1.165) is 12.8 Å². The van der Waals surface area contributed by atoms with Crippen LogP contribution in [0.1, 0.15) is 245 Å². The summed E-state index contributed by atoms with van der Waals surface area (Å²) in [5, 5.41) is 0. The van der Waals surface area contributed by atoms with Gasteiger partial charge in [-0.05, 0) is 12.8 Å². The fraction of sp³-hybridized carbons (Fsp3) is 1.00. The summed E-state index contributed by atoms with van der Waals surface area (Å²) in [6, 6.07) is 0. The highest BCUT2D eigenvalue weighted by Crippen LogP contribution is 2.33. The Morgan fingerprint density at radius 1 is 0.273 bits per heavy atom. The monoisotopic (exact) mass is 643 g/mol. The lowest BCUT2D eigenvalue weighted by Crippen LogP contribution is -1.95. The van der Waals surface area contributed by atoms with E-state index in [2.05, 4.69) is 13.8 Å². The molecule has 0 unspecified atom stereocenters. The normalized spacial score (nSPS) is 11.7. The molecule has 0 radical (unpaired) electrons. The minimum absolute atomic E-state index is 0.639. The smallest absolute Gasteiger partial charge is 0.328 e. The Hall–Kier alpha value is 0.310. The van der Waals surface area contributed by atoms with Crippen LogP contribution >= 0.6 is 8.60 Å². The van der Waals surface area contributed by atoms with Crippen molar-refractivity contribution in [3.8, 4) is 0 Å².